The van der Waals surface area contributed by atoms with Crippen LogP contribution in [0.3, 0.4) is 0 Å². The zero-order chi connectivity index (χ0) is 2.00. The van der Waals surface area contributed by atoms with E-state index in [1.807, 2.05) is 0 Å². The van der Waals surface area contributed by atoms with Crippen LogP contribution in [0.1, 0.15) is 0 Å². The van der Waals surface area contributed by atoms with E-state index in [-0.39, 0.29) is 30.6 Å². The summed E-state index contributed by atoms with van der Waals surface area (Å²) in [5, 5.41) is 0. The van der Waals surface area contributed by atoms with Crippen molar-refractivity contribution in [2.45, 2.75) is 0 Å². The van der Waals surface area contributed by atoms with E-state index in [9.17, 15) is 0 Å². The van der Waals surface area contributed by atoms with E-state index in [0.717, 1.165) is 0 Å². The molecule has 0 amide bonds. The minimum atomic E-state index is 0. The molecule has 4 heteroatoms. The summed E-state index contributed by atoms with van der Waals surface area (Å²) in [5.74, 6) is 0. The normalized spacial score (nSPS) is 1.00. The second-order valence-electron chi connectivity index (χ2n) is 0. The Bertz CT molecular complexity index is 8.00. The zero-order valence-electron chi connectivity index (χ0n) is 2.23. The summed E-state index contributed by atoms with van der Waals surface area (Å²) < 4.78 is 8.33. The quantitative estimate of drug-likeness (QED) is 0.566. The standard InChI is InChI=1S/H3N.O.Sb.W.3H/h1H3;;;;;;. The molecule has 0 spiro atoms. The number of hydrogen-bond acceptors (Lipinski definition) is 2. The molecular weight excluding hydrogens is 336 g/mol. The molecule has 0 radical (unpaired) electrons. The van der Waals surface area contributed by atoms with Gasteiger partial charge in [-0.2, -0.15) is 0 Å². The van der Waals surface area contributed by atoms with Crippen LogP contribution in [0.4, 0.5) is 0 Å². The summed E-state index contributed by atoms with van der Waals surface area (Å²) >= 11 is 0.333. The van der Waals surface area contributed by atoms with Crippen LogP contribution in [0.5, 0.6) is 0 Å². The van der Waals surface area contributed by atoms with Crippen LogP contribution in [0, 0.1) is 0 Å². The first-order valence-electron chi connectivity index (χ1n) is 0.167. The third kappa shape index (κ3) is 10.5. The molecule has 0 unspecified atom stereocenters. The predicted octanol–water partition coefficient (Wildman–Crippen LogP) is -1.14. The predicted molar refractivity (Wildman–Crippen MR) is 15.6 cm³/mol. The fraction of sp³-hybridized carbons (Fsp3) is 0. The molecule has 0 fully saturated rings. The third-order valence-electron chi connectivity index (χ3n) is 0. The van der Waals surface area contributed by atoms with Crippen molar-refractivity contribution in [3.8, 4) is 0 Å². The average Bonchev–Trinajstić information content (AvgIpc) is 1.00. The van der Waals surface area contributed by atoms with Gasteiger partial charge >= 0.3 is 47.6 Å². The van der Waals surface area contributed by atoms with Crippen LogP contribution in [0.15, 0.2) is 0 Å². The second kappa shape index (κ2) is 28.4. The van der Waals surface area contributed by atoms with E-state index in [0.29, 0.717) is 19.8 Å². The molecule has 28 valence electrons. The molecule has 0 aliphatic rings. The molecular formula is H6NOSbW. The van der Waals surface area contributed by atoms with Crippen LogP contribution in [-0.2, 0) is 23.2 Å². The van der Waals surface area contributed by atoms with Gasteiger partial charge in [-0.15, -0.1) is 0 Å². The summed E-state index contributed by atoms with van der Waals surface area (Å²) in [6.07, 6.45) is 0. The van der Waals surface area contributed by atoms with E-state index < -0.39 is 0 Å². The van der Waals surface area contributed by atoms with Gasteiger partial charge in [-0.3, -0.25) is 0 Å². The van der Waals surface area contributed by atoms with Crippen molar-refractivity contribution in [1.29, 1.82) is 0 Å². The first-order valence-corrected chi connectivity index (χ1v) is 1.36. The Kier molecular flexibility index (Phi) is 132. The van der Waals surface area contributed by atoms with Crippen molar-refractivity contribution in [2.75, 3.05) is 0 Å². The fourth-order valence-electron chi connectivity index (χ4n) is 0. The van der Waals surface area contributed by atoms with Crippen molar-refractivity contribution in [3.63, 3.8) is 0 Å². The summed E-state index contributed by atoms with van der Waals surface area (Å²) in [6.45, 7) is 0. The van der Waals surface area contributed by atoms with Crippen LogP contribution >= 0.6 is 0 Å². The molecule has 0 aromatic rings. The SMILES string of the molecule is N.[O]=[W].[SbH3]. The van der Waals surface area contributed by atoms with Crippen molar-refractivity contribution in [2.24, 2.45) is 0 Å². The van der Waals surface area contributed by atoms with Crippen LogP contribution in [-0.4, -0.2) is 24.4 Å². The van der Waals surface area contributed by atoms with E-state index in [1.54, 1.807) is 0 Å². The molecule has 0 aromatic heterocycles. The van der Waals surface area contributed by atoms with Gasteiger partial charge in [-0.1, -0.05) is 0 Å². The second-order valence-corrected chi connectivity index (χ2v) is 0. The first-order chi connectivity index (χ1) is 1.00. The Hall–Kier alpha value is 1.27. The maximum atomic E-state index is 8.33. The Morgan fingerprint density at radius 2 is 1.25 bits per heavy atom. The summed E-state index contributed by atoms with van der Waals surface area (Å²) in [6, 6.07) is 0. The molecule has 0 aromatic carbocycles. The topological polar surface area (TPSA) is 52.1 Å². The van der Waals surface area contributed by atoms with Gasteiger partial charge < -0.3 is 6.15 Å². The molecule has 4 heavy (non-hydrogen) atoms. The Balaban J connectivity index is -0.00000000500. The maximum absolute atomic E-state index is 8.33. The molecule has 3 N–H and O–H groups in total. The molecule has 0 atom stereocenters. The van der Waals surface area contributed by atoms with Gasteiger partial charge in [-0.05, 0) is 0 Å². The molecule has 0 heterocycles. The van der Waals surface area contributed by atoms with Crippen molar-refractivity contribution < 1.29 is 23.2 Å². The number of rotatable bonds is 0. The Morgan fingerprint density at radius 3 is 1.25 bits per heavy atom. The molecule has 2 nitrogen and oxygen atoms in total. The monoisotopic (exact) mass is 341 g/mol. The van der Waals surface area contributed by atoms with E-state index >= 15 is 0 Å². The third-order valence-corrected chi connectivity index (χ3v) is 0. The van der Waals surface area contributed by atoms with Crippen molar-refractivity contribution >= 4 is 24.4 Å². The van der Waals surface area contributed by atoms with E-state index in [1.165, 1.54) is 0 Å². The van der Waals surface area contributed by atoms with Gasteiger partial charge in [-0.25, -0.2) is 0 Å². The number of hydrogen-bond donors (Lipinski definition) is 1. The summed E-state index contributed by atoms with van der Waals surface area (Å²) in [7, 11) is 0. The van der Waals surface area contributed by atoms with Gasteiger partial charge in [0.25, 0.3) is 0 Å². The van der Waals surface area contributed by atoms with E-state index in [2.05, 4.69) is 0 Å². The van der Waals surface area contributed by atoms with Crippen LogP contribution in [0.2, 0.25) is 0 Å². The Morgan fingerprint density at radius 1 is 1.25 bits per heavy atom. The zero-order valence-corrected chi connectivity index (χ0v) is 9.20. The molecule has 0 aliphatic carbocycles. The van der Waals surface area contributed by atoms with Gasteiger partial charge in [0.05, 0.1) is 0 Å². The van der Waals surface area contributed by atoms with Gasteiger partial charge in [0.15, 0.2) is 0 Å². The van der Waals surface area contributed by atoms with Crippen LogP contribution in [0.25, 0.3) is 0 Å². The minimum absolute atomic E-state index is 0. The molecule has 0 saturated carbocycles. The van der Waals surface area contributed by atoms with Crippen molar-refractivity contribution in [1.82, 2.24) is 6.15 Å². The van der Waals surface area contributed by atoms with Gasteiger partial charge in [0.1, 0.15) is 0 Å². The van der Waals surface area contributed by atoms with Crippen LogP contribution < -0.4 is 6.15 Å². The molecule has 0 saturated heterocycles. The van der Waals surface area contributed by atoms with Gasteiger partial charge in [0.2, 0.25) is 0 Å². The molecule has 0 aliphatic heterocycles. The Labute approximate surface area is 53.6 Å². The summed E-state index contributed by atoms with van der Waals surface area (Å²) in [4.78, 5) is 0. The van der Waals surface area contributed by atoms with Gasteiger partial charge in [0, 0.05) is 0 Å². The molecule has 0 bridgehead atoms. The average molecular weight is 342 g/mol. The van der Waals surface area contributed by atoms with E-state index in [4.69, 9.17) is 3.40 Å². The molecule has 0 rings (SSSR count). The van der Waals surface area contributed by atoms with Crippen molar-refractivity contribution in [3.05, 3.63) is 0 Å². The first kappa shape index (κ1) is 18.7. The fourth-order valence-corrected chi connectivity index (χ4v) is 0. The summed E-state index contributed by atoms with van der Waals surface area (Å²) in [5.41, 5.74) is 0.